The van der Waals surface area contributed by atoms with Crippen LogP contribution in [0.1, 0.15) is 12.0 Å². The van der Waals surface area contributed by atoms with Crippen LogP contribution >= 0.6 is 19.6 Å². The van der Waals surface area contributed by atoms with Gasteiger partial charge in [0.15, 0.2) is 0 Å². The molecule has 0 atom stereocenters. The Hall–Kier alpha value is -1.46. The van der Waals surface area contributed by atoms with Gasteiger partial charge in [-0.3, -0.25) is 4.52 Å². The Labute approximate surface area is 132 Å². The van der Waals surface area contributed by atoms with E-state index in [9.17, 15) is 4.57 Å². The van der Waals surface area contributed by atoms with E-state index in [1.807, 2.05) is 36.4 Å². The molecule has 0 unspecified atom stereocenters. The Morgan fingerprint density at radius 1 is 1.27 bits per heavy atom. The van der Waals surface area contributed by atoms with Crippen molar-refractivity contribution in [3.63, 3.8) is 0 Å². The van der Waals surface area contributed by atoms with E-state index in [-0.39, 0.29) is 6.61 Å². The van der Waals surface area contributed by atoms with Crippen molar-refractivity contribution in [1.29, 1.82) is 0 Å². The molecule has 1 aromatic rings. The molecule has 0 spiro atoms. The normalized spacial score (nSPS) is 14.6. The van der Waals surface area contributed by atoms with Crippen LogP contribution in [0.15, 0.2) is 52.3 Å². The van der Waals surface area contributed by atoms with Crippen LogP contribution in [0.3, 0.4) is 0 Å². The number of hydrogen-bond donors (Lipinski definition) is 2. The van der Waals surface area contributed by atoms with Gasteiger partial charge in [0.25, 0.3) is 5.71 Å². The predicted octanol–water partition coefficient (Wildman–Crippen LogP) is 2.95. The van der Waals surface area contributed by atoms with Gasteiger partial charge in [0.1, 0.15) is 0 Å². The first-order chi connectivity index (χ1) is 10.5. The minimum absolute atomic E-state index is 0.0199. The van der Waals surface area contributed by atoms with Crippen molar-refractivity contribution in [2.45, 2.75) is 17.7 Å². The molecule has 8 heteroatoms. The van der Waals surface area contributed by atoms with Gasteiger partial charge < -0.3 is 15.3 Å². The van der Waals surface area contributed by atoms with E-state index in [1.165, 1.54) is 0 Å². The van der Waals surface area contributed by atoms with Crippen molar-refractivity contribution in [2.75, 3.05) is 6.61 Å². The van der Waals surface area contributed by atoms with E-state index in [4.69, 9.17) is 15.3 Å². The number of phosphoric acid groups is 1. The zero-order valence-electron chi connectivity index (χ0n) is 11.6. The standard InChI is InChI=1S/C14H15N2O4PS/c15-16-12-3-7-14(8-4-12)22-13-5-1-11(2-6-13)9-10-20-21(17,18)19/h1-3,5-8H,4,9-10H2,(H2,17,18,19). The second-order valence-electron chi connectivity index (χ2n) is 4.56. The molecule has 2 rings (SSSR count). The Morgan fingerprint density at radius 3 is 2.55 bits per heavy atom. The molecule has 0 radical (unpaired) electrons. The van der Waals surface area contributed by atoms with E-state index in [1.54, 1.807) is 17.8 Å². The summed E-state index contributed by atoms with van der Waals surface area (Å²) in [4.78, 5) is 22.5. The number of rotatable bonds is 6. The van der Waals surface area contributed by atoms with E-state index < -0.39 is 7.82 Å². The van der Waals surface area contributed by atoms with Crippen LogP contribution in [0.5, 0.6) is 0 Å². The maximum Gasteiger partial charge on any atom is 0.469 e. The molecular weight excluding hydrogens is 323 g/mol. The summed E-state index contributed by atoms with van der Waals surface area (Å²) in [6.45, 7) is -0.0199. The van der Waals surface area contributed by atoms with Gasteiger partial charge in [-0.05, 0) is 30.2 Å². The highest BCUT2D eigenvalue weighted by Gasteiger charge is 2.13. The second kappa shape index (κ2) is 7.70. The van der Waals surface area contributed by atoms with Crippen molar-refractivity contribution in [1.82, 2.24) is 0 Å². The Morgan fingerprint density at radius 2 is 2.00 bits per heavy atom. The lowest BCUT2D eigenvalue weighted by Gasteiger charge is -2.07. The summed E-state index contributed by atoms with van der Waals surface area (Å²) < 4.78 is 15.0. The molecule has 0 amide bonds. The number of nitrogens with zero attached hydrogens (tertiary/aromatic N) is 2. The minimum atomic E-state index is -4.39. The van der Waals surface area contributed by atoms with Crippen LogP contribution in [0, 0.1) is 0 Å². The van der Waals surface area contributed by atoms with Crippen LogP contribution in [0.25, 0.3) is 5.53 Å². The molecule has 0 aliphatic heterocycles. The van der Waals surface area contributed by atoms with Crippen LogP contribution in [0.2, 0.25) is 0 Å². The fourth-order valence-corrected chi connectivity index (χ4v) is 2.99. The van der Waals surface area contributed by atoms with Gasteiger partial charge in [-0.15, -0.1) is 0 Å². The topological polar surface area (TPSA) is 103 Å². The van der Waals surface area contributed by atoms with Crippen molar-refractivity contribution in [3.05, 3.63) is 58.5 Å². The third-order valence-corrected chi connectivity index (χ3v) is 4.46. The molecule has 0 aromatic heterocycles. The summed E-state index contributed by atoms with van der Waals surface area (Å²) in [6.07, 6.45) is 6.70. The third kappa shape index (κ3) is 5.73. The number of benzene rings is 1. The molecule has 0 fully saturated rings. The minimum Gasteiger partial charge on any atom is -0.361 e. The van der Waals surface area contributed by atoms with Crippen LogP contribution < -0.4 is 0 Å². The maximum absolute atomic E-state index is 10.6. The van der Waals surface area contributed by atoms with Gasteiger partial charge >= 0.3 is 7.82 Å². The van der Waals surface area contributed by atoms with Gasteiger partial charge in [-0.1, -0.05) is 30.0 Å². The van der Waals surface area contributed by atoms with Gasteiger partial charge in [-0.25, -0.2) is 4.57 Å². The molecular formula is C14H15N2O4PS. The number of hydrogen-bond acceptors (Lipinski definition) is 3. The number of thioether (sulfide) groups is 1. The van der Waals surface area contributed by atoms with Crippen LogP contribution in [-0.4, -0.2) is 26.9 Å². The Bertz CT molecular complexity index is 687. The molecule has 116 valence electrons. The van der Waals surface area contributed by atoms with Crippen molar-refractivity contribution in [3.8, 4) is 0 Å². The van der Waals surface area contributed by atoms with Crippen molar-refractivity contribution < 1.29 is 23.7 Å². The molecule has 0 heterocycles. The molecule has 22 heavy (non-hydrogen) atoms. The van der Waals surface area contributed by atoms with E-state index in [0.717, 1.165) is 15.4 Å². The van der Waals surface area contributed by atoms with Gasteiger partial charge in [0.05, 0.1) is 13.0 Å². The first-order valence-electron chi connectivity index (χ1n) is 6.52. The highest BCUT2D eigenvalue weighted by atomic mass is 32.2. The maximum atomic E-state index is 10.6. The van der Waals surface area contributed by atoms with Gasteiger partial charge in [0.2, 0.25) is 0 Å². The molecule has 0 bridgehead atoms. The van der Waals surface area contributed by atoms with Crippen molar-refractivity contribution in [2.24, 2.45) is 0 Å². The summed E-state index contributed by atoms with van der Waals surface area (Å²) in [5.74, 6) is 0. The third-order valence-electron chi connectivity index (χ3n) is 2.89. The lowest BCUT2D eigenvalue weighted by molar-refractivity contribution is -0.00539. The predicted molar refractivity (Wildman–Crippen MR) is 84.5 cm³/mol. The van der Waals surface area contributed by atoms with Crippen LogP contribution in [-0.2, 0) is 15.5 Å². The quantitative estimate of drug-likeness (QED) is 0.471. The second-order valence-corrected chi connectivity index (χ2v) is 6.94. The van der Waals surface area contributed by atoms with Gasteiger partial charge in [0, 0.05) is 15.9 Å². The zero-order valence-corrected chi connectivity index (χ0v) is 13.3. The fourth-order valence-electron chi connectivity index (χ4n) is 1.81. The van der Waals surface area contributed by atoms with E-state index >= 15 is 0 Å². The number of phosphoric ester groups is 1. The van der Waals surface area contributed by atoms with Crippen LogP contribution in [0.4, 0.5) is 0 Å². The Balaban J connectivity index is 1.87. The largest absolute Gasteiger partial charge is 0.469 e. The highest BCUT2D eigenvalue weighted by molar-refractivity contribution is 8.03. The summed E-state index contributed by atoms with van der Waals surface area (Å²) in [5.41, 5.74) is 10.2. The average Bonchev–Trinajstić information content (AvgIpc) is 2.49. The smallest absolute Gasteiger partial charge is 0.361 e. The van der Waals surface area contributed by atoms with Crippen molar-refractivity contribution >= 4 is 25.3 Å². The highest BCUT2D eigenvalue weighted by Crippen LogP contribution is 2.35. The zero-order chi connectivity index (χ0) is 16.0. The fraction of sp³-hybridized carbons (Fsp3) is 0.214. The molecule has 2 N–H and O–H groups in total. The molecule has 1 aromatic carbocycles. The SMILES string of the molecule is [N-]=[N+]=C1C=CC(Sc2ccc(CCOP(=O)(O)O)cc2)=CC1. The van der Waals surface area contributed by atoms with E-state index in [0.29, 0.717) is 18.6 Å². The molecule has 0 saturated heterocycles. The summed E-state index contributed by atoms with van der Waals surface area (Å²) in [6, 6.07) is 7.70. The monoisotopic (exact) mass is 338 g/mol. The molecule has 0 saturated carbocycles. The van der Waals surface area contributed by atoms with Gasteiger partial charge in [-0.2, -0.15) is 4.79 Å². The summed E-state index contributed by atoms with van der Waals surface area (Å²) in [5, 5.41) is 0. The Kier molecular flexibility index (Phi) is 5.91. The number of allylic oxidation sites excluding steroid dienone is 3. The first-order valence-corrected chi connectivity index (χ1v) is 8.87. The molecule has 6 nitrogen and oxygen atoms in total. The van der Waals surface area contributed by atoms with E-state index in [2.05, 4.69) is 9.31 Å². The average molecular weight is 338 g/mol. The molecule has 1 aliphatic rings. The summed E-state index contributed by atoms with van der Waals surface area (Å²) >= 11 is 1.60. The lowest BCUT2D eigenvalue weighted by atomic mass is 10.1. The summed E-state index contributed by atoms with van der Waals surface area (Å²) in [7, 11) is -4.39. The first kappa shape index (κ1) is 16.9. The lowest BCUT2D eigenvalue weighted by Crippen LogP contribution is -1.97. The molecule has 1 aliphatic carbocycles.